The lowest BCUT2D eigenvalue weighted by molar-refractivity contribution is 0.0912. The summed E-state index contributed by atoms with van der Waals surface area (Å²) in [5, 5.41) is 11.9. The second-order valence-corrected chi connectivity index (χ2v) is 4.79. The molecule has 0 radical (unpaired) electrons. The smallest absolute Gasteiger partial charge is 0.271 e. The van der Waals surface area contributed by atoms with E-state index >= 15 is 0 Å². The van der Waals surface area contributed by atoms with Gasteiger partial charge in [0, 0.05) is 31.2 Å². The van der Waals surface area contributed by atoms with Crippen LogP contribution in [0.15, 0.2) is 24.7 Å². The van der Waals surface area contributed by atoms with Crippen LogP contribution in [0.4, 0.5) is 0 Å². The third-order valence-electron chi connectivity index (χ3n) is 3.03. The Hall–Kier alpha value is -1.95. The van der Waals surface area contributed by atoms with Gasteiger partial charge in [0.15, 0.2) is 0 Å². The molecule has 2 rings (SSSR count). The molecule has 6 nitrogen and oxygen atoms in total. The van der Waals surface area contributed by atoms with Gasteiger partial charge in [-0.05, 0) is 18.4 Å². The number of carbonyl (C=O) groups is 1. The highest BCUT2D eigenvalue weighted by Gasteiger charge is 2.18. The van der Waals surface area contributed by atoms with Gasteiger partial charge in [-0.2, -0.15) is 0 Å². The van der Waals surface area contributed by atoms with Crippen molar-refractivity contribution in [1.29, 1.82) is 0 Å². The monoisotopic (exact) mass is 262 g/mol. The van der Waals surface area contributed by atoms with Gasteiger partial charge in [-0.25, -0.2) is 9.97 Å². The van der Waals surface area contributed by atoms with Crippen molar-refractivity contribution in [3.05, 3.63) is 30.4 Å². The Morgan fingerprint density at radius 3 is 2.95 bits per heavy atom. The van der Waals surface area contributed by atoms with E-state index in [9.17, 15) is 4.79 Å². The normalized spacial score (nSPS) is 12.8. The van der Waals surface area contributed by atoms with Crippen molar-refractivity contribution in [2.45, 2.75) is 26.3 Å². The topological polar surface area (TPSA) is 79.5 Å². The van der Waals surface area contributed by atoms with E-state index in [1.165, 1.54) is 0 Å². The second kappa shape index (κ2) is 5.79. The molecular weight excluding hydrogens is 244 g/mol. The zero-order chi connectivity index (χ0) is 13.8. The van der Waals surface area contributed by atoms with Crippen LogP contribution in [0.1, 0.15) is 30.8 Å². The number of rotatable bonds is 5. The van der Waals surface area contributed by atoms with Crippen molar-refractivity contribution in [3.8, 4) is 0 Å². The molecule has 2 heterocycles. The molecule has 1 amide bonds. The summed E-state index contributed by atoms with van der Waals surface area (Å²) in [5.74, 6) is 0.514. The van der Waals surface area contributed by atoms with Crippen molar-refractivity contribution in [2.75, 3.05) is 6.61 Å². The van der Waals surface area contributed by atoms with Crippen molar-refractivity contribution in [1.82, 2.24) is 19.7 Å². The average molecular weight is 262 g/mol. The Kier molecular flexibility index (Phi) is 4.11. The van der Waals surface area contributed by atoms with Crippen molar-refractivity contribution < 1.29 is 9.90 Å². The maximum absolute atomic E-state index is 12.1. The quantitative estimate of drug-likeness (QED) is 0.837. The van der Waals surface area contributed by atoms with Gasteiger partial charge in [0.1, 0.15) is 5.69 Å². The van der Waals surface area contributed by atoms with Crippen LogP contribution in [0, 0.1) is 5.92 Å². The number of aliphatic hydroxyl groups is 1. The molecule has 0 saturated heterocycles. The zero-order valence-electron chi connectivity index (χ0n) is 11.1. The van der Waals surface area contributed by atoms with Gasteiger partial charge in [-0.1, -0.05) is 13.8 Å². The molecule has 0 aliphatic heterocycles. The Bertz CT molecular complexity index is 532. The number of hydrogen-bond donors (Lipinski definition) is 2. The van der Waals surface area contributed by atoms with Crippen LogP contribution in [0.2, 0.25) is 0 Å². The van der Waals surface area contributed by atoms with E-state index in [1.54, 1.807) is 29.1 Å². The molecular formula is C13H18N4O2. The molecule has 6 heteroatoms. The first kappa shape index (κ1) is 13.5. The van der Waals surface area contributed by atoms with E-state index in [0.717, 1.165) is 0 Å². The van der Waals surface area contributed by atoms with Gasteiger partial charge >= 0.3 is 0 Å². The molecule has 102 valence electrons. The summed E-state index contributed by atoms with van der Waals surface area (Å²) < 4.78 is 1.70. The van der Waals surface area contributed by atoms with Gasteiger partial charge in [-0.3, -0.25) is 9.20 Å². The van der Waals surface area contributed by atoms with E-state index in [-0.39, 0.29) is 24.5 Å². The van der Waals surface area contributed by atoms with Gasteiger partial charge in [0.05, 0.1) is 0 Å². The lowest BCUT2D eigenvalue weighted by Crippen LogP contribution is -2.39. The van der Waals surface area contributed by atoms with Crippen LogP contribution in [0.3, 0.4) is 0 Å². The van der Waals surface area contributed by atoms with Crippen LogP contribution in [-0.4, -0.2) is 38.0 Å². The van der Waals surface area contributed by atoms with E-state index in [2.05, 4.69) is 15.3 Å². The van der Waals surface area contributed by atoms with Crippen LogP contribution in [-0.2, 0) is 0 Å². The first-order valence-corrected chi connectivity index (χ1v) is 6.33. The van der Waals surface area contributed by atoms with E-state index in [4.69, 9.17) is 5.11 Å². The first-order valence-electron chi connectivity index (χ1n) is 6.33. The number of amides is 1. The summed E-state index contributed by atoms with van der Waals surface area (Å²) in [6, 6.07) is 1.72. The number of nitrogens with zero attached hydrogens (tertiary/aromatic N) is 3. The fourth-order valence-corrected chi connectivity index (χ4v) is 1.89. The maximum Gasteiger partial charge on any atom is 0.271 e. The molecule has 2 aromatic heterocycles. The Morgan fingerprint density at radius 2 is 2.32 bits per heavy atom. The number of hydrogen-bond acceptors (Lipinski definition) is 4. The van der Waals surface area contributed by atoms with E-state index in [0.29, 0.717) is 17.9 Å². The summed E-state index contributed by atoms with van der Waals surface area (Å²) in [5.41, 5.74) is 0.335. The molecule has 1 atom stereocenters. The molecule has 0 saturated carbocycles. The zero-order valence-corrected chi connectivity index (χ0v) is 11.1. The molecule has 2 N–H and O–H groups in total. The van der Waals surface area contributed by atoms with Crippen molar-refractivity contribution in [2.24, 2.45) is 5.92 Å². The largest absolute Gasteiger partial charge is 0.396 e. The maximum atomic E-state index is 12.1. The number of carbonyl (C=O) groups excluding carboxylic acids is 1. The summed E-state index contributed by atoms with van der Waals surface area (Å²) in [6.45, 7) is 4.06. The fraction of sp³-hybridized carbons (Fsp3) is 0.462. The molecule has 19 heavy (non-hydrogen) atoms. The van der Waals surface area contributed by atoms with Gasteiger partial charge in [0.25, 0.3) is 5.91 Å². The SMILES string of the molecule is CC(C)C(CCO)NC(=O)c1cn2cccnc2n1. The van der Waals surface area contributed by atoms with E-state index in [1.807, 2.05) is 13.8 Å². The summed E-state index contributed by atoms with van der Waals surface area (Å²) in [7, 11) is 0. The van der Waals surface area contributed by atoms with E-state index < -0.39 is 0 Å². The number of nitrogens with one attached hydrogen (secondary N) is 1. The standard InChI is InChI=1S/C13H18N4O2/c1-9(2)10(4-7-18)15-12(19)11-8-17-6-3-5-14-13(17)16-11/h3,5-6,8-10,18H,4,7H2,1-2H3,(H,15,19). The van der Waals surface area contributed by atoms with Gasteiger partial charge < -0.3 is 10.4 Å². The van der Waals surface area contributed by atoms with Crippen LogP contribution in [0.25, 0.3) is 5.78 Å². The molecule has 0 fully saturated rings. The Balaban J connectivity index is 2.14. The molecule has 0 aromatic carbocycles. The van der Waals surface area contributed by atoms with Crippen molar-refractivity contribution in [3.63, 3.8) is 0 Å². The number of imidazole rings is 1. The molecule has 0 spiro atoms. The molecule has 1 unspecified atom stereocenters. The first-order chi connectivity index (χ1) is 9.11. The fourth-order valence-electron chi connectivity index (χ4n) is 1.89. The average Bonchev–Trinajstić information content (AvgIpc) is 2.81. The summed E-state index contributed by atoms with van der Waals surface area (Å²) in [4.78, 5) is 20.3. The van der Waals surface area contributed by atoms with Gasteiger partial charge in [0.2, 0.25) is 5.78 Å². The predicted octanol–water partition coefficient (Wildman–Crippen LogP) is 0.866. The number of fused-ring (bicyclic) bond motifs is 1. The summed E-state index contributed by atoms with van der Waals surface area (Å²) in [6.07, 6.45) is 5.61. The van der Waals surface area contributed by atoms with Crippen LogP contribution >= 0.6 is 0 Å². The number of aromatic nitrogens is 3. The highest BCUT2D eigenvalue weighted by molar-refractivity contribution is 5.92. The second-order valence-electron chi connectivity index (χ2n) is 4.79. The minimum atomic E-state index is -0.238. The lowest BCUT2D eigenvalue weighted by atomic mass is 10.0. The Labute approximate surface area is 111 Å². The predicted molar refractivity (Wildman–Crippen MR) is 70.8 cm³/mol. The molecule has 2 aromatic rings. The molecule has 0 aliphatic carbocycles. The van der Waals surface area contributed by atoms with Gasteiger partial charge in [-0.15, -0.1) is 0 Å². The summed E-state index contributed by atoms with van der Waals surface area (Å²) >= 11 is 0. The minimum absolute atomic E-state index is 0.0514. The Morgan fingerprint density at radius 1 is 1.53 bits per heavy atom. The third-order valence-corrected chi connectivity index (χ3v) is 3.03. The molecule has 0 aliphatic rings. The van der Waals surface area contributed by atoms with Crippen LogP contribution < -0.4 is 5.32 Å². The third kappa shape index (κ3) is 3.08. The lowest BCUT2D eigenvalue weighted by Gasteiger charge is -2.20. The number of aliphatic hydroxyl groups excluding tert-OH is 1. The highest BCUT2D eigenvalue weighted by atomic mass is 16.3. The highest BCUT2D eigenvalue weighted by Crippen LogP contribution is 2.08. The van der Waals surface area contributed by atoms with Crippen LogP contribution in [0.5, 0.6) is 0 Å². The minimum Gasteiger partial charge on any atom is -0.396 e. The molecule has 0 bridgehead atoms. The van der Waals surface area contributed by atoms with Crippen molar-refractivity contribution >= 4 is 11.7 Å².